The van der Waals surface area contributed by atoms with Gasteiger partial charge in [0.05, 0.1) is 17.3 Å². The molecule has 1 heterocycles. The van der Waals surface area contributed by atoms with Crippen molar-refractivity contribution in [1.82, 2.24) is 5.32 Å². The number of rotatable bonds is 7. The number of nitriles is 1. The summed E-state index contributed by atoms with van der Waals surface area (Å²) in [5.41, 5.74) is 3.73. The summed E-state index contributed by atoms with van der Waals surface area (Å²) in [6, 6.07) is 23.6. The fraction of sp³-hybridized carbons (Fsp3) is 0.154. The molecule has 2 atom stereocenters. The van der Waals surface area contributed by atoms with E-state index in [0.717, 1.165) is 11.1 Å². The molecule has 1 unspecified atom stereocenters. The molecule has 0 saturated heterocycles. The maximum atomic E-state index is 13.2. The Balaban J connectivity index is 1.48. The number of fused-ring (bicyclic) bond motifs is 1. The van der Waals surface area contributed by atoms with E-state index in [1.54, 1.807) is 36.3 Å². The molecule has 7 nitrogen and oxygen atoms in total. The van der Waals surface area contributed by atoms with Crippen molar-refractivity contribution < 1.29 is 14.3 Å². The number of benzene rings is 3. The molecule has 3 aromatic rings. The van der Waals surface area contributed by atoms with Crippen molar-refractivity contribution in [3.8, 4) is 11.8 Å². The summed E-state index contributed by atoms with van der Waals surface area (Å²) in [6.07, 6.45) is 0. The molecule has 0 aliphatic carbocycles. The maximum absolute atomic E-state index is 13.2. The molecular formula is C26H22N4O3. The second kappa shape index (κ2) is 9.84. The van der Waals surface area contributed by atoms with Crippen LogP contribution in [0.5, 0.6) is 5.75 Å². The molecule has 3 aromatic carbocycles. The molecule has 3 N–H and O–H groups in total. The summed E-state index contributed by atoms with van der Waals surface area (Å²) in [6.45, 7) is 2.63. The van der Waals surface area contributed by atoms with Gasteiger partial charge in [0.1, 0.15) is 6.04 Å². The number of hydrogen-bond acceptors (Lipinski definition) is 6. The van der Waals surface area contributed by atoms with Crippen LogP contribution >= 0.6 is 0 Å². The van der Waals surface area contributed by atoms with Crippen molar-refractivity contribution in [2.45, 2.75) is 18.9 Å². The number of hydrogen-bond donors (Lipinski definition) is 3. The van der Waals surface area contributed by atoms with E-state index in [1.165, 1.54) is 0 Å². The fourth-order valence-electron chi connectivity index (χ4n) is 3.61. The third-order valence-electron chi connectivity index (χ3n) is 5.43. The number of amides is 1. The third-order valence-corrected chi connectivity index (χ3v) is 5.43. The van der Waals surface area contributed by atoms with Crippen molar-refractivity contribution in [2.75, 3.05) is 17.2 Å². The summed E-state index contributed by atoms with van der Waals surface area (Å²) in [7, 11) is 0. The van der Waals surface area contributed by atoms with Crippen LogP contribution in [0.1, 0.15) is 35.6 Å². The highest BCUT2D eigenvalue weighted by atomic mass is 16.5. The monoisotopic (exact) mass is 438 g/mol. The number of carbonyl (C=O) groups is 1. The molecular weight excluding hydrogens is 416 g/mol. The van der Waals surface area contributed by atoms with Crippen LogP contribution in [0.3, 0.4) is 0 Å². The Hall–Kier alpha value is -4.37. The van der Waals surface area contributed by atoms with E-state index in [1.807, 2.05) is 42.5 Å². The van der Waals surface area contributed by atoms with Crippen LogP contribution in [0, 0.1) is 11.3 Å². The van der Waals surface area contributed by atoms with Gasteiger partial charge in [0.2, 0.25) is 5.91 Å². The molecule has 0 spiro atoms. The Labute approximate surface area is 191 Å². The van der Waals surface area contributed by atoms with Crippen LogP contribution < -0.4 is 20.7 Å². The summed E-state index contributed by atoms with van der Waals surface area (Å²) in [4.78, 5) is 24.0. The molecule has 33 heavy (non-hydrogen) atoms. The molecule has 0 saturated carbocycles. The lowest BCUT2D eigenvalue weighted by Gasteiger charge is -2.22. The second-order valence-corrected chi connectivity index (χ2v) is 7.75. The molecule has 164 valence electrons. The smallest absolute Gasteiger partial charge is 0.285 e. The highest BCUT2D eigenvalue weighted by Crippen LogP contribution is 2.35. The first-order valence-electron chi connectivity index (χ1n) is 10.5. The Kier molecular flexibility index (Phi) is 6.51. The molecule has 7 heteroatoms. The molecule has 1 aliphatic heterocycles. The lowest BCUT2D eigenvalue weighted by Crippen LogP contribution is -2.35. The quantitative estimate of drug-likeness (QED) is 0.480. The topological polar surface area (TPSA) is 103 Å². The van der Waals surface area contributed by atoms with Gasteiger partial charge in [-0.05, 0) is 41.3 Å². The van der Waals surface area contributed by atoms with E-state index in [4.69, 9.17) is 10.00 Å². The molecule has 4 rings (SSSR count). The predicted octanol–water partition coefficient (Wildman–Crippen LogP) is 4.11. The molecule has 0 fully saturated rings. The molecule has 0 aromatic heterocycles. The zero-order valence-corrected chi connectivity index (χ0v) is 18.0. The normalized spacial score (nSPS) is 13.5. The van der Waals surface area contributed by atoms with E-state index in [2.05, 4.69) is 28.9 Å². The van der Waals surface area contributed by atoms with Gasteiger partial charge in [-0.15, -0.1) is 0 Å². The summed E-state index contributed by atoms with van der Waals surface area (Å²) >= 11 is 0. The Bertz CT molecular complexity index is 1240. The fourth-order valence-corrected chi connectivity index (χ4v) is 3.61. The molecule has 1 amide bonds. The lowest BCUT2D eigenvalue weighted by atomic mass is 9.98. The third kappa shape index (κ3) is 5.10. The minimum absolute atomic E-state index is 0.00547. The second-order valence-electron chi connectivity index (χ2n) is 7.75. The van der Waals surface area contributed by atoms with Crippen molar-refractivity contribution in [3.05, 3.63) is 95.4 Å². The highest BCUT2D eigenvalue weighted by Gasteiger charge is 2.23. The van der Waals surface area contributed by atoms with Gasteiger partial charge >= 0.3 is 0 Å². The van der Waals surface area contributed by atoms with E-state index < -0.39 is 6.04 Å². The Morgan fingerprint density at radius 2 is 1.82 bits per heavy atom. The van der Waals surface area contributed by atoms with Gasteiger partial charge in [-0.2, -0.15) is 5.26 Å². The van der Waals surface area contributed by atoms with Gasteiger partial charge in [-0.3, -0.25) is 4.79 Å². The maximum Gasteiger partial charge on any atom is 0.285 e. The van der Waals surface area contributed by atoms with Crippen LogP contribution in [0.2, 0.25) is 0 Å². The number of anilines is 2. The highest BCUT2D eigenvalue weighted by molar-refractivity contribution is 5.96. The van der Waals surface area contributed by atoms with Crippen molar-refractivity contribution in [1.29, 1.82) is 5.26 Å². The van der Waals surface area contributed by atoms with Crippen molar-refractivity contribution in [3.63, 3.8) is 0 Å². The summed E-state index contributed by atoms with van der Waals surface area (Å²) in [5, 5.41) is 18.1. The Morgan fingerprint density at radius 1 is 1.06 bits per heavy atom. The molecule has 0 bridgehead atoms. The van der Waals surface area contributed by atoms with Crippen molar-refractivity contribution in [2.24, 2.45) is 0 Å². The first kappa shape index (κ1) is 21.8. The number of nitrogens with one attached hydrogen (secondary N) is 3. The van der Waals surface area contributed by atoms with Gasteiger partial charge in [0.25, 0.3) is 5.88 Å². The average molecular weight is 438 g/mol. The summed E-state index contributed by atoms with van der Waals surface area (Å²) < 4.78 is 5.36. The first-order valence-corrected chi connectivity index (χ1v) is 10.5. The van der Waals surface area contributed by atoms with Crippen LogP contribution in [-0.2, 0) is 9.59 Å². The van der Waals surface area contributed by atoms with Gasteiger partial charge in [-0.25, -0.2) is 4.79 Å². The van der Waals surface area contributed by atoms with E-state index in [9.17, 15) is 9.59 Å². The Morgan fingerprint density at radius 3 is 2.52 bits per heavy atom. The first-order chi connectivity index (χ1) is 16.1. The van der Waals surface area contributed by atoms with Crippen LogP contribution in [0.25, 0.3) is 0 Å². The van der Waals surface area contributed by atoms with Gasteiger partial charge in [0, 0.05) is 18.3 Å². The minimum Gasteiger partial charge on any atom is -0.429 e. The predicted molar refractivity (Wildman–Crippen MR) is 125 cm³/mol. The zero-order valence-electron chi connectivity index (χ0n) is 18.0. The largest absolute Gasteiger partial charge is 0.429 e. The van der Waals surface area contributed by atoms with E-state index >= 15 is 0 Å². The van der Waals surface area contributed by atoms with E-state index in [0.29, 0.717) is 29.2 Å². The van der Waals surface area contributed by atoms with Gasteiger partial charge in [-0.1, -0.05) is 49.4 Å². The number of nitrogens with zero attached hydrogens (tertiary/aromatic N) is 1. The minimum atomic E-state index is -0.579. The SMILES string of the molecule is C[C@H](CNC(C(=O)Nc1ccc2c(c1)OC(=C=O)N2)c1ccccc1)c1ccc(C#N)cc1. The van der Waals surface area contributed by atoms with Crippen molar-refractivity contribution >= 4 is 23.2 Å². The van der Waals surface area contributed by atoms with Gasteiger partial charge < -0.3 is 20.7 Å². The molecule has 1 aliphatic rings. The van der Waals surface area contributed by atoms with Crippen LogP contribution in [-0.4, -0.2) is 18.4 Å². The lowest BCUT2D eigenvalue weighted by molar-refractivity contribution is -0.118. The zero-order chi connectivity index (χ0) is 23.2. The number of carbonyl (C=O) groups excluding carboxylic acids is 2. The molecule has 0 radical (unpaired) electrons. The van der Waals surface area contributed by atoms with Gasteiger partial charge in [0.15, 0.2) is 11.7 Å². The average Bonchev–Trinajstić information content (AvgIpc) is 3.27. The van der Waals surface area contributed by atoms with Crippen LogP contribution in [0.4, 0.5) is 11.4 Å². The standard InChI is InChI=1S/C26H22N4O3/c1-17(19-9-7-18(14-27)8-10-19)15-28-25(20-5-3-2-4-6-20)26(32)29-21-11-12-22-23(13-21)33-24(16-31)30-22/h2-13,17,25,28,30H,15H2,1H3,(H,29,32)/t17-,25?/m1/s1. The number of ether oxygens (including phenoxy) is 1. The summed E-state index contributed by atoms with van der Waals surface area (Å²) in [5.74, 6) is 2.03. The van der Waals surface area contributed by atoms with E-state index in [-0.39, 0.29) is 17.7 Å². The van der Waals surface area contributed by atoms with Crippen LogP contribution in [0.15, 0.2) is 78.7 Å².